The molecule has 1 heterocycles. The smallest absolute Gasteiger partial charge is 0.115 e. The van der Waals surface area contributed by atoms with Crippen LogP contribution in [0.1, 0.15) is 52.0 Å². The predicted molar refractivity (Wildman–Crippen MR) is 99.7 cm³/mol. The molecule has 4 unspecified atom stereocenters. The molecular weight excluding hydrogens is 316 g/mol. The van der Waals surface area contributed by atoms with Crippen LogP contribution in [0.25, 0.3) is 0 Å². The summed E-state index contributed by atoms with van der Waals surface area (Å²) in [6.07, 6.45) is 4.14. The lowest BCUT2D eigenvalue weighted by Crippen LogP contribution is -2.55. The molecule has 0 N–H and O–H groups in total. The van der Waals surface area contributed by atoms with E-state index in [1.54, 1.807) is 0 Å². The molecule has 4 atom stereocenters. The van der Waals surface area contributed by atoms with Gasteiger partial charge in [-0.05, 0) is 25.3 Å². The zero-order chi connectivity index (χ0) is 17.9. The maximum Gasteiger partial charge on any atom is 0.115 e. The number of unbranched alkanes of at least 4 members (excludes halogenated alkanes) is 2. The van der Waals surface area contributed by atoms with Crippen molar-refractivity contribution in [2.45, 2.75) is 77.5 Å². The minimum absolute atomic E-state index is 0.0278. The first-order chi connectivity index (χ1) is 12.3. The van der Waals surface area contributed by atoms with Crippen LogP contribution in [0.2, 0.25) is 0 Å². The molecule has 2 rings (SSSR count). The van der Waals surface area contributed by atoms with Crippen molar-refractivity contribution in [3.05, 3.63) is 35.9 Å². The molecule has 0 amide bonds. The third kappa shape index (κ3) is 6.70. The average molecular weight is 350 g/mol. The molecule has 0 aliphatic carbocycles. The number of ether oxygens (including phenoxy) is 4. The second-order valence-corrected chi connectivity index (χ2v) is 6.75. The Balaban J connectivity index is 1.97. The first kappa shape index (κ1) is 20.4. The highest BCUT2D eigenvalue weighted by atomic mass is 16.6. The molecule has 0 radical (unpaired) electrons. The lowest BCUT2D eigenvalue weighted by atomic mass is 10.00. The van der Waals surface area contributed by atoms with Gasteiger partial charge in [0, 0.05) is 13.2 Å². The summed E-state index contributed by atoms with van der Waals surface area (Å²) in [5.74, 6) is 0. The molecule has 1 aromatic carbocycles. The zero-order valence-corrected chi connectivity index (χ0v) is 16.0. The van der Waals surface area contributed by atoms with Gasteiger partial charge in [0.2, 0.25) is 0 Å². The van der Waals surface area contributed by atoms with Gasteiger partial charge in [0.25, 0.3) is 0 Å². The van der Waals surface area contributed by atoms with Crippen LogP contribution in [0.5, 0.6) is 0 Å². The highest BCUT2D eigenvalue weighted by Crippen LogP contribution is 2.25. The Labute approximate surface area is 152 Å². The van der Waals surface area contributed by atoms with Crippen LogP contribution in [0.15, 0.2) is 30.3 Å². The molecule has 1 saturated heterocycles. The summed E-state index contributed by atoms with van der Waals surface area (Å²) in [6.45, 7) is 9.03. The molecule has 0 spiro atoms. The van der Waals surface area contributed by atoms with E-state index in [2.05, 4.69) is 32.9 Å². The highest BCUT2D eigenvalue weighted by molar-refractivity contribution is 5.13. The van der Waals surface area contributed by atoms with Gasteiger partial charge >= 0.3 is 0 Å². The highest BCUT2D eigenvalue weighted by Gasteiger charge is 2.40. The van der Waals surface area contributed by atoms with E-state index in [1.807, 2.05) is 18.2 Å². The van der Waals surface area contributed by atoms with Gasteiger partial charge in [0.05, 0.1) is 19.3 Å². The van der Waals surface area contributed by atoms with Crippen LogP contribution in [0.4, 0.5) is 0 Å². The fourth-order valence-electron chi connectivity index (χ4n) is 3.00. The van der Waals surface area contributed by atoms with Crippen LogP contribution >= 0.6 is 0 Å². The number of hydrogen-bond acceptors (Lipinski definition) is 4. The Hall–Kier alpha value is -0.940. The molecule has 1 aliphatic rings. The Morgan fingerprint density at radius 3 is 2.20 bits per heavy atom. The van der Waals surface area contributed by atoms with E-state index < -0.39 is 0 Å². The largest absolute Gasteiger partial charge is 0.373 e. The second kappa shape index (κ2) is 11.6. The molecule has 0 saturated carbocycles. The van der Waals surface area contributed by atoms with Crippen molar-refractivity contribution in [2.75, 3.05) is 19.8 Å². The average Bonchev–Trinajstić information content (AvgIpc) is 2.64. The standard InChI is InChI=1S/C21H34O4/c1-4-6-13-22-20-17(3)24-16-19(21(20)23-14-7-5-2)25-15-18-11-9-8-10-12-18/h8-12,17,19-21H,4-7,13-16H2,1-3H3. The lowest BCUT2D eigenvalue weighted by molar-refractivity contribution is -0.229. The van der Waals surface area contributed by atoms with Crippen LogP contribution in [-0.4, -0.2) is 44.2 Å². The van der Waals surface area contributed by atoms with Crippen LogP contribution < -0.4 is 0 Å². The van der Waals surface area contributed by atoms with Gasteiger partial charge < -0.3 is 18.9 Å². The van der Waals surface area contributed by atoms with Crippen molar-refractivity contribution >= 4 is 0 Å². The van der Waals surface area contributed by atoms with Crippen molar-refractivity contribution in [1.29, 1.82) is 0 Å². The first-order valence-electron chi connectivity index (χ1n) is 9.76. The number of hydrogen-bond donors (Lipinski definition) is 0. The van der Waals surface area contributed by atoms with E-state index in [1.165, 1.54) is 0 Å². The van der Waals surface area contributed by atoms with Gasteiger partial charge in [-0.15, -0.1) is 0 Å². The van der Waals surface area contributed by atoms with Gasteiger partial charge in [-0.2, -0.15) is 0 Å². The van der Waals surface area contributed by atoms with Crippen LogP contribution in [0, 0.1) is 0 Å². The number of rotatable bonds is 11. The molecule has 4 nitrogen and oxygen atoms in total. The summed E-state index contributed by atoms with van der Waals surface area (Å²) in [7, 11) is 0. The first-order valence-corrected chi connectivity index (χ1v) is 9.76. The van der Waals surface area contributed by atoms with Crippen molar-refractivity contribution in [1.82, 2.24) is 0 Å². The second-order valence-electron chi connectivity index (χ2n) is 6.75. The molecule has 4 heteroatoms. The summed E-state index contributed by atoms with van der Waals surface area (Å²) in [5.41, 5.74) is 1.16. The van der Waals surface area contributed by atoms with Crippen LogP contribution in [-0.2, 0) is 25.6 Å². The number of benzene rings is 1. The van der Waals surface area contributed by atoms with Gasteiger partial charge in [0.15, 0.2) is 0 Å². The van der Waals surface area contributed by atoms with E-state index >= 15 is 0 Å². The predicted octanol–water partition coefficient (Wildman–Crippen LogP) is 4.36. The maximum absolute atomic E-state index is 6.21. The Morgan fingerprint density at radius 2 is 1.56 bits per heavy atom. The molecule has 1 fully saturated rings. The van der Waals surface area contributed by atoms with E-state index in [9.17, 15) is 0 Å². The van der Waals surface area contributed by atoms with E-state index in [0.717, 1.165) is 44.5 Å². The topological polar surface area (TPSA) is 36.9 Å². The van der Waals surface area contributed by atoms with Crippen molar-refractivity contribution < 1.29 is 18.9 Å². The van der Waals surface area contributed by atoms with Crippen molar-refractivity contribution in [2.24, 2.45) is 0 Å². The maximum atomic E-state index is 6.21. The summed E-state index contributed by atoms with van der Waals surface area (Å²) in [4.78, 5) is 0. The van der Waals surface area contributed by atoms with Gasteiger partial charge in [-0.1, -0.05) is 57.0 Å². The zero-order valence-electron chi connectivity index (χ0n) is 16.0. The van der Waals surface area contributed by atoms with Gasteiger partial charge in [-0.3, -0.25) is 0 Å². The van der Waals surface area contributed by atoms with Crippen molar-refractivity contribution in [3.63, 3.8) is 0 Å². The van der Waals surface area contributed by atoms with E-state index in [0.29, 0.717) is 13.2 Å². The van der Waals surface area contributed by atoms with E-state index in [-0.39, 0.29) is 24.4 Å². The van der Waals surface area contributed by atoms with E-state index in [4.69, 9.17) is 18.9 Å². The summed E-state index contributed by atoms with van der Waals surface area (Å²) >= 11 is 0. The molecule has 1 aromatic rings. The Kier molecular flexibility index (Phi) is 9.48. The fraction of sp³-hybridized carbons (Fsp3) is 0.714. The quantitative estimate of drug-likeness (QED) is 0.556. The molecule has 0 aromatic heterocycles. The normalized spacial score (nSPS) is 26.7. The van der Waals surface area contributed by atoms with Crippen LogP contribution in [0.3, 0.4) is 0 Å². The third-order valence-electron chi connectivity index (χ3n) is 4.60. The minimum Gasteiger partial charge on any atom is -0.373 e. The summed E-state index contributed by atoms with van der Waals surface area (Å²) in [5, 5.41) is 0. The molecule has 1 aliphatic heterocycles. The fourth-order valence-corrected chi connectivity index (χ4v) is 3.00. The SMILES string of the molecule is CCCCOC1C(C)OCC(OCc2ccccc2)C1OCCCC. The van der Waals surface area contributed by atoms with Crippen molar-refractivity contribution in [3.8, 4) is 0 Å². The summed E-state index contributed by atoms with van der Waals surface area (Å²) < 4.78 is 24.4. The third-order valence-corrected chi connectivity index (χ3v) is 4.60. The van der Waals surface area contributed by atoms with Gasteiger partial charge in [-0.25, -0.2) is 0 Å². The summed E-state index contributed by atoms with van der Waals surface area (Å²) in [6, 6.07) is 10.2. The Morgan fingerprint density at radius 1 is 0.920 bits per heavy atom. The monoisotopic (exact) mass is 350 g/mol. The Bertz CT molecular complexity index is 450. The minimum atomic E-state index is -0.0973. The van der Waals surface area contributed by atoms with Gasteiger partial charge in [0.1, 0.15) is 18.3 Å². The molecule has 142 valence electrons. The molecule has 0 bridgehead atoms. The lowest BCUT2D eigenvalue weighted by Gasteiger charge is -2.41. The molecule has 25 heavy (non-hydrogen) atoms. The molecular formula is C21H34O4.